The highest BCUT2D eigenvalue weighted by Gasteiger charge is 2.40. The van der Waals surface area contributed by atoms with Gasteiger partial charge in [-0.25, -0.2) is 8.42 Å². The van der Waals surface area contributed by atoms with Crippen LogP contribution in [0.3, 0.4) is 0 Å². The first-order valence-electron chi connectivity index (χ1n) is 7.18. The van der Waals surface area contributed by atoms with Gasteiger partial charge in [0.2, 0.25) is 10.0 Å². The van der Waals surface area contributed by atoms with Gasteiger partial charge >= 0.3 is 0 Å². The van der Waals surface area contributed by atoms with Crippen LogP contribution in [0.2, 0.25) is 0 Å². The fourth-order valence-electron chi connectivity index (χ4n) is 2.77. The fraction of sp³-hybridized carbons (Fsp3) is 0.600. The number of aliphatic hydroxyl groups is 1. The van der Waals surface area contributed by atoms with E-state index in [1.807, 2.05) is 45.0 Å². The third kappa shape index (κ3) is 3.13. The topological polar surface area (TPSA) is 60.9 Å². The second kappa shape index (κ2) is 6.04. The molecule has 0 radical (unpaired) electrons. The van der Waals surface area contributed by atoms with Crippen LogP contribution in [0.1, 0.15) is 25.3 Å². The van der Waals surface area contributed by atoms with Crippen molar-refractivity contribution in [1.29, 1.82) is 0 Å². The Bertz CT molecular complexity index is 599. The molecule has 21 heavy (non-hydrogen) atoms. The van der Waals surface area contributed by atoms with Gasteiger partial charge in [0.25, 0.3) is 0 Å². The summed E-state index contributed by atoms with van der Waals surface area (Å²) in [5.41, 5.74) is 0.820. The number of hydrogen-bond donors (Lipinski definition) is 1. The number of nitrogens with zero attached hydrogens (tertiary/aromatic N) is 2. The number of aliphatic hydroxyl groups excluding tert-OH is 1. The lowest BCUT2D eigenvalue weighted by Crippen LogP contribution is -2.38. The molecule has 0 aromatic heterocycles. The first-order valence-corrected chi connectivity index (χ1v) is 8.62. The first kappa shape index (κ1) is 16.4. The summed E-state index contributed by atoms with van der Waals surface area (Å²) in [6.07, 6.45) is -0.652. The molecule has 0 spiro atoms. The highest BCUT2D eigenvalue weighted by atomic mass is 32.2. The SMILES string of the molecule is CC(C)c1ccccc1S(=O)(=O)N1CC(O)C(N(C)C)C1. The molecule has 5 nitrogen and oxygen atoms in total. The molecular weight excluding hydrogens is 288 g/mol. The molecule has 6 heteroatoms. The molecule has 1 saturated heterocycles. The van der Waals surface area contributed by atoms with Gasteiger partial charge in [-0.3, -0.25) is 0 Å². The molecule has 0 amide bonds. The normalized spacial score (nSPS) is 24.1. The van der Waals surface area contributed by atoms with E-state index in [4.69, 9.17) is 0 Å². The summed E-state index contributed by atoms with van der Waals surface area (Å²) in [6.45, 7) is 4.44. The van der Waals surface area contributed by atoms with E-state index in [-0.39, 0.29) is 18.5 Å². The molecule has 2 unspecified atom stereocenters. The lowest BCUT2D eigenvalue weighted by atomic mass is 10.0. The second-order valence-electron chi connectivity index (χ2n) is 6.11. The van der Waals surface area contributed by atoms with E-state index in [2.05, 4.69) is 0 Å². The van der Waals surface area contributed by atoms with Crippen LogP contribution in [0.25, 0.3) is 0 Å². The van der Waals surface area contributed by atoms with Crippen molar-refractivity contribution in [1.82, 2.24) is 9.21 Å². The van der Waals surface area contributed by atoms with Gasteiger partial charge in [0.05, 0.1) is 17.0 Å². The van der Waals surface area contributed by atoms with Crippen molar-refractivity contribution in [2.45, 2.75) is 36.8 Å². The third-order valence-electron chi connectivity index (χ3n) is 4.05. The molecule has 1 fully saturated rings. The van der Waals surface area contributed by atoms with Gasteiger partial charge < -0.3 is 10.0 Å². The van der Waals surface area contributed by atoms with Gasteiger partial charge in [0, 0.05) is 13.1 Å². The van der Waals surface area contributed by atoms with Crippen molar-refractivity contribution in [2.24, 2.45) is 0 Å². The molecule has 2 atom stereocenters. The zero-order valence-electron chi connectivity index (χ0n) is 13.0. The first-order chi connectivity index (χ1) is 9.75. The lowest BCUT2D eigenvalue weighted by Gasteiger charge is -2.22. The number of benzene rings is 1. The maximum absolute atomic E-state index is 12.9. The molecule has 0 bridgehead atoms. The molecule has 1 N–H and O–H groups in total. The van der Waals surface area contributed by atoms with E-state index < -0.39 is 16.1 Å². The van der Waals surface area contributed by atoms with E-state index in [0.717, 1.165) is 5.56 Å². The number of hydrogen-bond acceptors (Lipinski definition) is 4. The quantitative estimate of drug-likeness (QED) is 0.904. The Kier molecular flexibility index (Phi) is 4.72. The Morgan fingerprint density at radius 1 is 1.24 bits per heavy atom. The maximum Gasteiger partial charge on any atom is 0.243 e. The van der Waals surface area contributed by atoms with Crippen LogP contribution in [0.4, 0.5) is 0 Å². The number of likely N-dealkylation sites (N-methyl/N-ethyl adjacent to an activating group) is 1. The molecule has 1 heterocycles. The lowest BCUT2D eigenvalue weighted by molar-refractivity contribution is 0.113. The zero-order chi connectivity index (χ0) is 15.8. The van der Waals surface area contributed by atoms with Crippen LogP contribution >= 0.6 is 0 Å². The largest absolute Gasteiger partial charge is 0.390 e. The monoisotopic (exact) mass is 312 g/mol. The van der Waals surface area contributed by atoms with E-state index in [9.17, 15) is 13.5 Å². The average Bonchev–Trinajstić information content (AvgIpc) is 2.81. The number of sulfonamides is 1. The van der Waals surface area contributed by atoms with Gasteiger partial charge in [-0.1, -0.05) is 32.0 Å². The van der Waals surface area contributed by atoms with Crippen LogP contribution in [0.15, 0.2) is 29.2 Å². The smallest absolute Gasteiger partial charge is 0.243 e. The van der Waals surface area contributed by atoms with E-state index in [1.54, 1.807) is 12.1 Å². The summed E-state index contributed by atoms with van der Waals surface area (Å²) < 4.78 is 27.1. The molecular formula is C15H24N2O3S. The molecule has 0 aliphatic carbocycles. The van der Waals surface area contributed by atoms with E-state index in [1.165, 1.54) is 4.31 Å². The summed E-state index contributed by atoms with van der Waals surface area (Å²) in [7, 11) is 0.139. The highest BCUT2D eigenvalue weighted by molar-refractivity contribution is 7.89. The average molecular weight is 312 g/mol. The number of rotatable bonds is 4. The standard InChI is InChI=1S/C15H24N2O3S/c1-11(2)12-7-5-6-8-15(12)21(19,20)17-9-13(16(3)4)14(18)10-17/h5-8,11,13-14,18H,9-10H2,1-4H3. The van der Waals surface area contributed by atoms with Crippen molar-refractivity contribution >= 4 is 10.0 Å². The van der Waals surface area contributed by atoms with Gasteiger partial charge in [-0.2, -0.15) is 4.31 Å². The van der Waals surface area contributed by atoms with Crippen molar-refractivity contribution in [2.75, 3.05) is 27.2 Å². The minimum Gasteiger partial charge on any atom is -0.390 e. The number of β-amino-alcohol motifs (C(OH)–C–C–N with tert-alkyl or cyclic N) is 1. The molecule has 0 saturated carbocycles. The van der Waals surface area contributed by atoms with E-state index >= 15 is 0 Å². The van der Waals surface area contributed by atoms with Gasteiger partial charge in [-0.05, 0) is 31.6 Å². The Hall–Kier alpha value is -0.950. The molecule has 1 aromatic carbocycles. The minimum absolute atomic E-state index is 0.133. The van der Waals surface area contributed by atoms with Crippen LogP contribution in [0.5, 0.6) is 0 Å². The molecule has 118 valence electrons. The van der Waals surface area contributed by atoms with Gasteiger partial charge in [0.1, 0.15) is 0 Å². The molecule has 1 aromatic rings. The summed E-state index contributed by atoms with van der Waals surface area (Å²) >= 11 is 0. The van der Waals surface area contributed by atoms with Crippen molar-refractivity contribution in [3.63, 3.8) is 0 Å². The van der Waals surface area contributed by atoms with Crippen LogP contribution in [-0.4, -0.2) is 62.1 Å². The Morgan fingerprint density at radius 3 is 2.38 bits per heavy atom. The Morgan fingerprint density at radius 2 is 1.86 bits per heavy atom. The van der Waals surface area contributed by atoms with Crippen LogP contribution in [-0.2, 0) is 10.0 Å². The Labute approximate surface area is 127 Å². The van der Waals surface area contributed by atoms with Gasteiger partial charge in [-0.15, -0.1) is 0 Å². The molecule has 1 aliphatic heterocycles. The summed E-state index contributed by atoms with van der Waals surface area (Å²) in [5.74, 6) is 0.133. The van der Waals surface area contributed by atoms with Crippen LogP contribution < -0.4 is 0 Å². The predicted octanol–water partition coefficient (Wildman–Crippen LogP) is 1.11. The van der Waals surface area contributed by atoms with Crippen molar-refractivity contribution in [3.8, 4) is 0 Å². The highest BCUT2D eigenvalue weighted by Crippen LogP contribution is 2.29. The summed E-state index contributed by atoms with van der Waals surface area (Å²) in [5, 5.41) is 10.1. The second-order valence-corrected chi connectivity index (χ2v) is 8.02. The Balaban J connectivity index is 2.36. The zero-order valence-corrected chi connectivity index (χ0v) is 13.8. The maximum atomic E-state index is 12.9. The van der Waals surface area contributed by atoms with Gasteiger partial charge in [0.15, 0.2) is 0 Å². The molecule has 2 rings (SSSR count). The minimum atomic E-state index is -3.57. The predicted molar refractivity (Wildman–Crippen MR) is 82.8 cm³/mol. The van der Waals surface area contributed by atoms with Crippen molar-refractivity contribution in [3.05, 3.63) is 29.8 Å². The summed E-state index contributed by atoms with van der Waals surface area (Å²) in [4.78, 5) is 2.22. The molecule has 1 aliphatic rings. The summed E-state index contributed by atoms with van der Waals surface area (Å²) in [6, 6.07) is 6.95. The van der Waals surface area contributed by atoms with E-state index in [0.29, 0.717) is 11.4 Å². The third-order valence-corrected chi connectivity index (χ3v) is 5.95. The fourth-order valence-corrected chi connectivity index (χ4v) is 4.60. The van der Waals surface area contributed by atoms with Crippen molar-refractivity contribution < 1.29 is 13.5 Å². The van der Waals surface area contributed by atoms with Crippen LogP contribution in [0, 0.1) is 0 Å².